The predicted octanol–water partition coefficient (Wildman–Crippen LogP) is 4.87. The number of carbonyl (C=O) groups is 1. The van der Waals surface area contributed by atoms with Gasteiger partial charge in [0.1, 0.15) is 11.5 Å². The lowest BCUT2D eigenvalue weighted by molar-refractivity contribution is -0.119. The van der Waals surface area contributed by atoms with Crippen molar-refractivity contribution in [3.05, 3.63) is 84.0 Å². The Morgan fingerprint density at radius 3 is 2.59 bits per heavy atom. The minimum Gasteiger partial charge on any atom is -0.512 e. The third kappa shape index (κ3) is 6.46. The summed E-state index contributed by atoms with van der Waals surface area (Å²) in [5.74, 6) is 0.0385. The van der Waals surface area contributed by atoms with Crippen LogP contribution in [-0.2, 0) is 4.79 Å². The predicted molar refractivity (Wildman–Crippen MR) is 110 cm³/mol. The smallest absolute Gasteiger partial charge is 0.210 e. The summed E-state index contributed by atoms with van der Waals surface area (Å²) in [4.78, 5) is 13.1. The van der Waals surface area contributed by atoms with Gasteiger partial charge in [0.2, 0.25) is 6.41 Å². The van der Waals surface area contributed by atoms with Crippen LogP contribution in [0.3, 0.4) is 0 Å². The number of rotatable bonds is 11. The highest BCUT2D eigenvalue weighted by Crippen LogP contribution is 2.25. The molecule has 0 fully saturated rings. The molecule has 5 nitrogen and oxygen atoms in total. The number of carbonyl (C=O) groups excluding carboxylic acids is 1. The molecule has 1 heterocycles. The zero-order valence-electron chi connectivity index (χ0n) is 15.6. The van der Waals surface area contributed by atoms with Crippen molar-refractivity contribution in [2.75, 3.05) is 6.54 Å². The Kier molecular flexibility index (Phi) is 9.69. The lowest BCUT2D eigenvalue weighted by Gasteiger charge is -2.30. The number of aromatic nitrogens is 1. The number of aliphatic hydroxyl groups excluding tert-OH is 1. The van der Waals surface area contributed by atoms with Crippen molar-refractivity contribution >= 4 is 24.1 Å². The van der Waals surface area contributed by atoms with Crippen LogP contribution in [0.5, 0.6) is 0 Å². The van der Waals surface area contributed by atoms with E-state index >= 15 is 0 Å². The molecule has 1 rings (SSSR count). The highest BCUT2D eigenvalue weighted by molar-refractivity contribution is 6.25. The molecule has 1 amide bonds. The zero-order chi connectivity index (χ0) is 20.2. The van der Waals surface area contributed by atoms with E-state index in [9.17, 15) is 9.90 Å². The number of nitrogens with zero attached hydrogens (tertiary/aromatic N) is 2. The number of hydrogen-bond donors (Lipinski definition) is 1. The van der Waals surface area contributed by atoms with E-state index < -0.39 is 12.0 Å². The van der Waals surface area contributed by atoms with Crippen LogP contribution in [0.25, 0.3) is 6.08 Å². The molecule has 1 aromatic rings. The number of aryl methyl sites for hydroxylation is 2. The molecule has 6 heteroatoms. The number of amides is 1. The topological polar surface area (TPSA) is 66.6 Å². The van der Waals surface area contributed by atoms with Gasteiger partial charge in [-0.05, 0) is 19.9 Å². The monoisotopic (exact) mass is 388 g/mol. The summed E-state index contributed by atoms with van der Waals surface area (Å²) in [6.07, 6.45) is 14.4. The molecule has 27 heavy (non-hydrogen) atoms. The van der Waals surface area contributed by atoms with Gasteiger partial charge in [0.25, 0.3) is 0 Å². The Morgan fingerprint density at radius 1 is 1.33 bits per heavy atom. The first kappa shape index (κ1) is 22.3. The van der Waals surface area contributed by atoms with Crippen LogP contribution in [0.1, 0.15) is 17.0 Å². The molecule has 2 unspecified atom stereocenters. The maximum absolute atomic E-state index is 11.6. The minimum atomic E-state index is -0.573. The Labute approximate surface area is 165 Å². The van der Waals surface area contributed by atoms with Crippen LogP contribution in [-0.4, -0.2) is 34.2 Å². The first-order chi connectivity index (χ1) is 13.0. The molecular weight excluding hydrogens is 364 g/mol. The van der Waals surface area contributed by atoms with Crippen molar-refractivity contribution in [3.8, 4) is 0 Å². The molecule has 144 valence electrons. The maximum atomic E-state index is 11.6. The second-order valence-electron chi connectivity index (χ2n) is 5.73. The molecule has 0 bridgehead atoms. The van der Waals surface area contributed by atoms with Crippen molar-refractivity contribution < 1.29 is 14.4 Å². The quantitative estimate of drug-likeness (QED) is 0.254. The second-order valence-corrected chi connectivity index (χ2v) is 5.98. The Balaban J connectivity index is 3.14. The first-order valence-corrected chi connectivity index (χ1v) is 8.81. The summed E-state index contributed by atoms with van der Waals surface area (Å²) in [5, 5.41) is 14.6. The fraction of sp³-hybridized carbons (Fsp3) is 0.238. The van der Waals surface area contributed by atoms with Gasteiger partial charge < -0.3 is 14.5 Å². The van der Waals surface area contributed by atoms with Crippen molar-refractivity contribution in [2.45, 2.75) is 19.9 Å². The van der Waals surface area contributed by atoms with Crippen molar-refractivity contribution in [3.63, 3.8) is 0 Å². The summed E-state index contributed by atoms with van der Waals surface area (Å²) in [5.41, 5.74) is 2.66. The lowest BCUT2D eigenvalue weighted by atomic mass is 9.94. The number of aliphatic hydroxyl groups is 1. The molecule has 0 aliphatic heterocycles. The van der Waals surface area contributed by atoms with Gasteiger partial charge in [0, 0.05) is 17.6 Å². The van der Waals surface area contributed by atoms with Gasteiger partial charge >= 0.3 is 0 Å². The van der Waals surface area contributed by atoms with Crippen LogP contribution in [0, 0.1) is 19.8 Å². The van der Waals surface area contributed by atoms with E-state index in [2.05, 4.69) is 18.3 Å². The molecule has 0 saturated heterocycles. The summed E-state index contributed by atoms with van der Waals surface area (Å²) < 4.78 is 5.12. The van der Waals surface area contributed by atoms with Crippen LogP contribution < -0.4 is 0 Å². The third-order valence-corrected chi connectivity index (χ3v) is 4.09. The number of halogens is 1. The van der Waals surface area contributed by atoms with E-state index in [1.165, 1.54) is 10.4 Å². The van der Waals surface area contributed by atoms with Gasteiger partial charge in [-0.2, -0.15) is 0 Å². The molecule has 0 aromatic carbocycles. The van der Waals surface area contributed by atoms with E-state index in [-0.39, 0.29) is 5.76 Å². The molecule has 0 spiro atoms. The molecular formula is C21H25ClN2O3. The van der Waals surface area contributed by atoms with Gasteiger partial charge in [0.05, 0.1) is 17.7 Å². The largest absolute Gasteiger partial charge is 0.512 e. The summed E-state index contributed by atoms with van der Waals surface area (Å²) in [7, 11) is 0. The van der Waals surface area contributed by atoms with Crippen LogP contribution in [0.15, 0.2) is 71.5 Å². The van der Waals surface area contributed by atoms with Crippen LogP contribution in [0.4, 0.5) is 0 Å². The van der Waals surface area contributed by atoms with Crippen LogP contribution in [0.2, 0.25) is 0 Å². The third-order valence-electron chi connectivity index (χ3n) is 3.94. The summed E-state index contributed by atoms with van der Waals surface area (Å²) in [6.45, 7) is 11.3. The Morgan fingerprint density at radius 2 is 2.07 bits per heavy atom. The van der Waals surface area contributed by atoms with Gasteiger partial charge in [-0.15, -0.1) is 6.58 Å². The van der Waals surface area contributed by atoms with Gasteiger partial charge in [-0.25, -0.2) is 0 Å². The normalized spacial score (nSPS) is 14.7. The number of hydrogen-bond acceptors (Lipinski definition) is 4. The fourth-order valence-electron chi connectivity index (χ4n) is 2.53. The molecule has 0 aliphatic carbocycles. The SMILES string of the molecule is C=C/C=C/C=C/CN(C=O)C(C=C)C(/C=C/Cl)/C(O)=C/c1c(C)noc1C. The standard InChI is InChI=1S/C21H25ClN2O3/c1-5-7-8-9-10-13-24(15-25)20(6-2)18(11-12-22)21(26)14-19-16(3)23-27-17(19)4/h5-12,14-15,18,20,26H,1-2,13H2,3-4H3/b8-7+,10-9+,12-11+,21-14-. The lowest BCUT2D eigenvalue weighted by Crippen LogP contribution is -2.38. The second kappa shape index (κ2) is 11.8. The molecule has 0 saturated carbocycles. The molecule has 0 aliphatic rings. The van der Waals surface area contributed by atoms with Crippen molar-refractivity contribution in [2.24, 2.45) is 5.92 Å². The minimum absolute atomic E-state index is 0.0218. The Hall–Kier alpha value is -2.79. The van der Waals surface area contributed by atoms with Crippen LogP contribution >= 0.6 is 11.6 Å². The van der Waals surface area contributed by atoms with E-state index in [4.69, 9.17) is 16.1 Å². The average Bonchev–Trinajstić information content (AvgIpc) is 2.97. The van der Waals surface area contributed by atoms with E-state index in [1.54, 1.807) is 44.2 Å². The first-order valence-electron chi connectivity index (χ1n) is 8.38. The summed E-state index contributed by atoms with van der Waals surface area (Å²) in [6, 6.07) is -0.498. The molecule has 1 N–H and O–H groups in total. The maximum Gasteiger partial charge on any atom is 0.210 e. The van der Waals surface area contributed by atoms with E-state index in [1.807, 2.05) is 18.2 Å². The van der Waals surface area contributed by atoms with Crippen molar-refractivity contribution in [1.29, 1.82) is 0 Å². The van der Waals surface area contributed by atoms with E-state index in [0.717, 1.165) is 0 Å². The average molecular weight is 389 g/mol. The highest BCUT2D eigenvalue weighted by Gasteiger charge is 2.25. The highest BCUT2D eigenvalue weighted by atomic mass is 35.5. The van der Waals surface area contributed by atoms with Gasteiger partial charge in [0.15, 0.2) is 0 Å². The van der Waals surface area contributed by atoms with Gasteiger partial charge in [-0.1, -0.05) is 65.9 Å². The van der Waals surface area contributed by atoms with Crippen molar-refractivity contribution in [1.82, 2.24) is 10.1 Å². The zero-order valence-corrected chi connectivity index (χ0v) is 16.3. The molecule has 2 atom stereocenters. The number of allylic oxidation sites excluding steroid dienone is 4. The molecule has 1 aromatic heterocycles. The fourth-order valence-corrected chi connectivity index (χ4v) is 2.69. The summed E-state index contributed by atoms with van der Waals surface area (Å²) >= 11 is 5.77. The molecule has 0 radical (unpaired) electrons. The van der Waals surface area contributed by atoms with E-state index in [0.29, 0.717) is 30.0 Å². The Bertz CT molecular complexity index is 740. The van der Waals surface area contributed by atoms with Gasteiger partial charge in [-0.3, -0.25) is 4.79 Å².